The number of carbonyl (C=O) groups is 1. The fourth-order valence-electron chi connectivity index (χ4n) is 6.42. The monoisotopic (exact) mass is 384 g/mol. The Balaban J connectivity index is 1.48. The van der Waals surface area contributed by atoms with Gasteiger partial charge >= 0.3 is 5.97 Å². The Morgan fingerprint density at radius 3 is 2.33 bits per heavy atom. The van der Waals surface area contributed by atoms with Crippen molar-refractivity contribution in [3.8, 4) is 0 Å². The van der Waals surface area contributed by atoms with E-state index in [2.05, 4.69) is 4.90 Å². The Morgan fingerprint density at radius 2 is 1.74 bits per heavy atom. The van der Waals surface area contributed by atoms with E-state index in [0.29, 0.717) is 0 Å². The standard InChI is InChI=1S/C22H28N2O2S/c1-26-20(25)19-7-8-24(21(27-19)23-18-5-3-2-4-6-18)22-12-15-9-16(13-22)11-17(10-15)14-22/h2-6,15-17,19H,7-14H2,1H3. The number of benzene rings is 1. The summed E-state index contributed by atoms with van der Waals surface area (Å²) < 4.78 is 5.04. The molecule has 1 aromatic rings. The largest absolute Gasteiger partial charge is 0.468 e. The third kappa shape index (κ3) is 3.18. The highest BCUT2D eigenvalue weighted by Crippen LogP contribution is 2.58. The molecule has 144 valence electrons. The van der Waals surface area contributed by atoms with Gasteiger partial charge in [0.05, 0.1) is 12.8 Å². The third-order valence-corrected chi connectivity index (χ3v) is 8.35. The Labute approximate surface area is 165 Å². The summed E-state index contributed by atoms with van der Waals surface area (Å²) in [6.45, 7) is 0.921. The first-order valence-electron chi connectivity index (χ1n) is 10.3. The van der Waals surface area contributed by atoms with Gasteiger partial charge in [-0.25, -0.2) is 4.99 Å². The number of para-hydroxylation sites is 1. The number of hydrogen-bond acceptors (Lipinski definition) is 4. The average molecular weight is 385 g/mol. The fraction of sp³-hybridized carbons (Fsp3) is 0.636. The fourth-order valence-corrected chi connectivity index (χ4v) is 7.66. The molecule has 1 unspecified atom stereocenters. The minimum absolute atomic E-state index is 0.120. The van der Waals surface area contributed by atoms with Gasteiger partial charge in [0.25, 0.3) is 0 Å². The van der Waals surface area contributed by atoms with Crippen LogP contribution in [0.2, 0.25) is 0 Å². The van der Waals surface area contributed by atoms with Crippen molar-refractivity contribution in [3.05, 3.63) is 30.3 Å². The minimum atomic E-state index is -0.136. The molecule has 0 radical (unpaired) electrons. The first kappa shape index (κ1) is 17.6. The van der Waals surface area contributed by atoms with Crippen LogP contribution >= 0.6 is 11.8 Å². The van der Waals surface area contributed by atoms with E-state index in [-0.39, 0.29) is 16.8 Å². The molecule has 5 aliphatic rings. The zero-order valence-electron chi connectivity index (χ0n) is 16.0. The van der Waals surface area contributed by atoms with Crippen LogP contribution in [0.15, 0.2) is 35.3 Å². The second-order valence-electron chi connectivity index (χ2n) is 8.94. The van der Waals surface area contributed by atoms with Crippen LogP contribution in [0.3, 0.4) is 0 Å². The van der Waals surface area contributed by atoms with E-state index in [4.69, 9.17) is 9.73 Å². The molecule has 27 heavy (non-hydrogen) atoms. The Morgan fingerprint density at radius 1 is 1.11 bits per heavy atom. The zero-order chi connectivity index (χ0) is 18.4. The molecule has 4 bridgehead atoms. The van der Waals surface area contributed by atoms with Crippen LogP contribution in [0.5, 0.6) is 0 Å². The number of methoxy groups -OCH3 is 1. The maximum Gasteiger partial charge on any atom is 0.319 e. The molecule has 0 N–H and O–H groups in total. The molecule has 4 nitrogen and oxygen atoms in total. The van der Waals surface area contributed by atoms with Gasteiger partial charge in [-0.15, -0.1) is 0 Å². The number of esters is 1. The molecule has 1 heterocycles. The van der Waals surface area contributed by atoms with Crippen molar-refractivity contribution in [2.45, 2.75) is 55.7 Å². The van der Waals surface area contributed by atoms with Crippen molar-refractivity contribution in [1.29, 1.82) is 0 Å². The molecule has 4 saturated carbocycles. The average Bonchev–Trinajstić information content (AvgIpc) is 2.67. The zero-order valence-corrected chi connectivity index (χ0v) is 16.8. The second kappa shape index (κ2) is 6.84. The van der Waals surface area contributed by atoms with E-state index in [1.165, 1.54) is 45.6 Å². The van der Waals surface area contributed by atoms with Crippen LogP contribution < -0.4 is 0 Å². The molecule has 0 amide bonds. The summed E-state index contributed by atoms with van der Waals surface area (Å²) in [5.41, 5.74) is 1.25. The predicted octanol–water partition coefficient (Wildman–Crippen LogP) is 4.62. The summed E-state index contributed by atoms with van der Waals surface area (Å²) in [4.78, 5) is 19.8. The lowest BCUT2D eigenvalue weighted by molar-refractivity contribution is -0.140. The van der Waals surface area contributed by atoms with Crippen LogP contribution in [-0.4, -0.2) is 40.5 Å². The van der Waals surface area contributed by atoms with Crippen molar-refractivity contribution in [2.24, 2.45) is 22.7 Å². The van der Waals surface area contributed by atoms with Gasteiger partial charge in [0, 0.05) is 12.1 Å². The Bertz CT molecular complexity index is 713. The summed E-state index contributed by atoms with van der Waals surface area (Å²) in [5.74, 6) is 2.58. The number of hydrogen-bond donors (Lipinski definition) is 0. The Kier molecular flexibility index (Phi) is 4.46. The lowest BCUT2D eigenvalue weighted by Crippen LogP contribution is -2.62. The highest BCUT2D eigenvalue weighted by Gasteiger charge is 2.55. The van der Waals surface area contributed by atoms with Gasteiger partial charge in [-0.1, -0.05) is 30.0 Å². The molecule has 1 atom stereocenters. The highest BCUT2D eigenvalue weighted by molar-refractivity contribution is 8.14. The van der Waals surface area contributed by atoms with Gasteiger partial charge in [-0.05, 0) is 74.8 Å². The molecule has 1 aromatic carbocycles. The molecule has 1 saturated heterocycles. The van der Waals surface area contributed by atoms with E-state index in [9.17, 15) is 4.79 Å². The van der Waals surface area contributed by atoms with Gasteiger partial charge in [0.2, 0.25) is 0 Å². The number of carbonyl (C=O) groups excluding carboxylic acids is 1. The quantitative estimate of drug-likeness (QED) is 0.713. The van der Waals surface area contributed by atoms with Crippen LogP contribution in [0, 0.1) is 17.8 Å². The molecule has 0 aromatic heterocycles. The van der Waals surface area contributed by atoms with E-state index in [1.54, 1.807) is 11.8 Å². The summed E-state index contributed by atoms with van der Waals surface area (Å²) in [5, 5.41) is 0.896. The summed E-state index contributed by atoms with van der Waals surface area (Å²) in [6, 6.07) is 10.2. The number of ether oxygens (including phenoxy) is 1. The normalized spacial score (nSPS) is 39.0. The number of amidine groups is 1. The maximum atomic E-state index is 12.2. The number of thioether (sulfide) groups is 1. The van der Waals surface area contributed by atoms with Crippen molar-refractivity contribution < 1.29 is 9.53 Å². The predicted molar refractivity (Wildman–Crippen MR) is 109 cm³/mol. The van der Waals surface area contributed by atoms with Crippen LogP contribution in [0.25, 0.3) is 0 Å². The summed E-state index contributed by atoms with van der Waals surface area (Å²) in [6.07, 6.45) is 9.12. The van der Waals surface area contributed by atoms with Crippen molar-refractivity contribution in [1.82, 2.24) is 4.90 Å². The van der Waals surface area contributed by atoms with Gasteiger partial charge in [-0.2, -0.15) is 0 Å². The van der Waals surface area contributed by atoms with E-state index in [1.807, 2.05) is 30.3 Å². The van der Waals surface area contributed by atoms with Gasteiger partial charge in [0.15, 0.2) is 5.17 Å². The molecule has 0 spiro atoms. The molecule has 6 rings (SSSR count). The lowest BCUT2D eigenvalue weighted by atomic mass is 9.52. The van der Waals surface area contributed by atoms with Crippen molar-refractivity contribution in [3.63, 3.8) is 0 Å². The van der Waals surface area contributed by atoms with Gasteiger partial charge in [-0.3, -0.25) is 4.79 Å². The van der Waals surface area contributed by atoms with E-state index < -0.39 is 0 Å². The molecule has 5 fully saturated rings. The molecule has 1 aliphatic heterocycles. The summed E-state index contributed by atoms with van der Waals surface area (Å²) in [7, 11) is 1.49. The molecular weight excluding hydrogens is 356 g/mol. The topological polar surface area (TPSA) is 41.9 Å². The summed E-state index contributed by atoms with van der Waals surface area (Å²) >= 11 is 1.62. The van der Waals surface area contributed by atoms with Crippen molar-refractivity contribution >= 4 is 28.6 Å². The Hall–Kier alpha value is -1.49. The van der Waals surface area contributed by atoms with Crippen LogP contribution in [0.4, 0.5) is 5.69 Å². The van der Waals surface area contributed by atoms with E-state index in [0.717, 1.165) is 41.6 Å². The molecule has 5 heteroatoms. The number of rotatable bonds is 3. The SMILES string of the molecule is COC(=O)C1CCN(C23CC4CC(CC(C4)C2)C3)C(=Nc2ccccc2)S1. The van der Waals surface area contributed by atoms with E-state index >= 15 is 0 Å². The number of aliphatic imine (C=N–C) groups is 1. The second-order valence-corrected chi connectivity index (χ2v) is 10.1. The maximum absolute atomic E-state index is 12.2. The van der Waals surface area contributed by atoms with Gasteiger partial charge in [0.1, 0.15) is 5.25 Å². The lowest BCUT2D eigenvalue weighted by Gasteiger charge is -2.61. The molecule has 4 aliphatic carbocycles. The molecular formula is C22H28N2O2S. The smallest absolute Gasteiger partial charge is 0.319 e. The van der Waals surface area contributed by atoms with Gasteiger partial charge < -0.3 is 9.64 Å². The van der Waals surface area contributed by atoms with Crippen LogP contribution in [0.1, 0.15) is 44.9 Å². The number of nitrogens with zero attached hydrogens (tertiary/aromatic N) is 2. The first-order chi connectivity index (χ1) is 13.1. The van der Waals surface area contributed by atoms with Crippen molar-refractivity contribution in [2.75, 3.05) is 13.7 Å². The third-order valence-electron chi connectivity index (χ3n) is 7.12. The first-order valence-corrected chi connectivity index (χ1v) is 11.2. The van der Waals surface area contributed by atoms with Crippen LogP contribution in [-0.2, 0) is 9.53 Å². The minimum Gasteiger partial charge on any atom is -0.468 e. The highest BCUT2D eigenvalue weighted by atomic mass is 32.2.